The number of nitrogens with one attached hydrogen (secondary N) is 1. The van der Waals surface area contributed by atoms with Gasteiger partial charge in [0, 0.05) is 24.3 Å². The minimum atomic E-state index is -0.129. The molecule has 0 bridgehead atoms. The van der Waals surface area contributed by atoms with E-state index in [9.17, 15) is 4.79 Å². The predicted molar refractivity (Wildman–Crippen MR) is 81.5 cm³/mol. The summed E-state index contributed by atoms with van der Waals surface area (Å²) in [6, 6.07) is 0. The minimum absolute atomic E-state index is 0.129. The number of carbonyl (C=O) groups is 1. The van der Waals surface area contributed by atoms with Crippen molar-refractivity contribution in [2.24, 2.45) is 4.99 Å². The Kier molecular flexibility index (Phi) is 3.65. The van der Waals surface area contributed by atoms with Crippen molar-refractivity contribution in [3.8, 4) is 0 Å². The third-order valence-electron chi connectivity index (χ3n) is 3.70. The molecule has 1 fully saturated rings. The molecule has 0 unspecified atom stereocenters. The van der Waals surface area contributed by atoms with Crippen molar-refractivity contribution >= 4 is 28.9 Å². The molecule has 5 nitrogen and oxygen atoms in total. The molecule has 20 heavy (non-hydrogen) atoms. The Labute approximate surface area is 122 Å². The number of likely N-dealkylation sites (tertiary alicyclic amines) is 1. The third-order valence-corrected chi connectivity index (χ3v) is 4.74. The van der Waals surface area contributed by atoms with Gasteiger partial charge in [0.1, 0.15) is 0 Å². The number of aromatic amines is 1. The molecule has 1 aromatic heterocycles. The molecule has 1 saturated heterocycles. The SMILES string of the molecule is Cc1n[nH]c(C)c1/C=C1\SC(N2CCCCC2)=NC1=O. The summed E-state index contributed by atoms with van der Waals surface area (Å²) in [5.41, 5.74) is 2.89. The molecule has 106 valence electrons. The number of piperidine rings is 1. The van der Waals surface area contributed by atoms with Gasteiger partial charge < -0.3 is 4.90 Å². The number of amidine groups is 1. The number of H-pyrrole nitrogens is 1. The summed E-state index contributed by atoms with van der Waals surface area (Å²) < 4.78 is 0. The molecule has 1 aromatic rings. The van der Waals surface area contributed by atoms with Gasteiger partial charge in [-0.15, -0.1) is 0 Å². The fraction of sp³-hybridized carbons (Fsp3) is 0.500. The number of hydrogen-bond acceptors (Lipinski definition) is 4. The van der Waals surface area contributed by atoms with E-state index >= 15 is 0 Å². The van der Waals surface area contributed by atoms with E-state index in [0.29, 0.717) is 4.91 Å². The maximum absolute atomic E-state index is 12.0. The highest BCUT2D eigenvalue weighted by molar-refractivity contribution is 8.18. The van der Waals surface area contributed by atoms with Gasteiger partial charge in [0.05, 0.1) is 10.6 Å². The fourth-order valence-electron chi connectivity index (χ4n) is 2.52. The first-order chi connectivity index (χ1) is 9.65. The van der Waals surface area contributed by atoms with E-state index in [-0.39, 0.29) is 5.91 Å². The number of nitrogens with zero attached hydrogens (tertiary/aromatic N) is 3. The molecule has 1 N–H and O–H groups in total. The van der Waals surface area contributed by atoms with Crippen LogP contribution in [-0.2, 0) is 4.79 Å². The summed E-state index contributed by atoms with van der Waals surface area (Å²) in [7, 11) is 0. The summed E-state index contributed by atoms with van der Waals surface area (Å²) in [4.78, 5) is 19.2. The van der Waals surface area contributed by atoms with Crippen LogP contribution in [-0.4, -0.2) is 39.3 Å². The summed E-state index contributed by atoms with van der Waals surface area (Å²) in [5, 5.41) is 7.95. The number of carbonyl (C=O) groups excluding carboxylic acids is 1. The van der Waals surface area contributed by atoms with Crippen LogP contribution in [0.2, 0.25) is 0 Å². The van der Waals surface area contributed by atoms with E-state index in [1.165, 1.54) is 31.0 Å². The lowest BCUT2D eigenvalue weighted by molar-refractivity contribution is -0.113. The molecule has 0 aliphatic carbocycles. The van der Waals surface area contributed by atoms with Crippen LogP contribution in [0.15, 0.2) is 9.90 Å². The lowest BCUT2D eigenvalue weighted by Crippen LogP contribution is -2.33. The number of rotatable bonds is 1. The van der Waals surface area contributed by atoms with Crippen LogP contribution in [0.3, 0.4) is 0 Å². The first kappa shape index (κ1) is 13.4. The average molecular weight is 290 g/mol. The van der Waals surface area contributed by atoms with Crippen molar-refractivity contribution < 1.29 is 4.79 Å². The van der Waals surface area contributed by atoms with Gasteiger partial charge in [-0.05, 0) is 50.9 Å². The van der Waals surface area contributed by atoms with Crippen LogP contribution in [0.5, 0.6) is 0 Å². The maximum atomic E-state index is 12.0. The highest BCUT2D eigenvalue weighted by Crippen LogP contribution is 2.32. The monoisotopic (exact) mass is 290 g/mol. The van der Waals surface area contributed by atoms with Crippen molar-refractivity contribution in [3.63, 3.8) is 0 Å². The van der Waals surface area contributed by atoms with Gasteiger partial charge in [0.25, 0.3) is 5.91 Å². The van der Waals surface area contributed by atoms with Gasteiger partial charge in [-0.25, -0.2) is 0 Å². The van der Waals surface area contributed by atoms with E-state index in [0.717, 1.165) is 35.2 Å². The second kappa shape index (κ2) is 5.44. The molecule has 3 rings (SSSR count). The zero-order valence-corrected chi connectivity index (χ0v) is 12.6. The van der Waals surface area contributed by atoms with Crippen LogP contribution < -0.4 is 0 Å². The highest BCUT2D eigenvalue weighted by atomic mass is 32.2. The number of aryl methyl sites for hydroxylation is 2. The molecule has 3 heterocycles. The summed E-state index contributed by atoms with van der Waals surface area (Å²) >= 11 is 1.49. The second-order valence-electron chi connectivity index (χ2n) is 5.21. The molecule has 6 heteroatoms. The average Bonchev–Trinajstić information content (AvgIpc) is 2.98. The van der Waals surface area contributed by atoms with Crippen LogP contribution >= 0.6 is 11.8 Å². The fourth-order valence-corrected chi connectivity index (χ4v) is 3.47. The molecule has 0 atom stereocenters. The Hall–Kier alpha value is -1.56. The van der Waals surface area contributed by atoms with Crippen LogP contribution in [0, 0.1) is 13.8 Å². The van der Waals surface area contributed by atoms with Crippen LogP contribution in [0.1, 0.15) is 36.2 Å². The molecule has 0 saturated carbocycles. The van der Waals surface area contributed by atoms with E-state index in [4.69, 9.17) is 0 Å². The van der Waals surface area contributed by atoms with Crippen molar-refractivity contribution in [2.75, 3.05) is 13.1 Å². The second-order valence-corrected chi connectivity index (χ2v) is 6.21. The Morgan fingerprint density at radius 3 is 2.65 bits per heavy atom. The Bertz CT molecular complexity index is 577. The van der Waals surface area contributed by atoms with Crippen LogP contribution in [0.4, 0.5) is 0 Å². The predicted octanol–water partition coefficient (Wildman–Crippen LogP) is 2.48. The Morgan fingerprint density at radius 1 is 1.25 bits per heavy atom. The molecular formula is C14H18N4OS. The van der Waals surface area contributed by atoms with E-state index < -0.39 is 0 Å². The zero-order valence-electron chi connectivity index (χ0n) is 11.8. The first-order valence-corrected chi connectivity index (χ1v) is 7.76. The van der Waals surface area contributed by atoms with Gasteiger partial charge >= 0.3 is 0 Å². The van der Waals surface area contributed by atoms with Gasteiger partial charge in [-0.3, -0.25) is 9.89 Å². The molecule has 0 radical (unpaired) electrons. The number of thioether (sulfide) groups is 1. The van der Waals surface area contributed by atoms with E-state index in [1.807, 2.05) is 19.9 Å². The quantitative estimate of drug-likeness (QED) is 0.807. The third kappa shape index (κ3) is 2.52. The van der Waals surface area contributed by atoms with E-state index in [2.05, 4.69) is 20.1 Å². The van der Waals surface area contributed by atoms with Gasteiger partial charge in [0.15, 0.2) is 5.17 Å². The van der Waals surface area contributed by atoms with Crippen LogP contribution in [0.25, 0.3) is 6.08 Å². The maximum Gasteiger partial charge on any atom is 0.286 e. The number of amides is 1. The van der Waals surface area contributed by atoms with Crippen molar-refractivity contribution in [3.05, 3.63) is 21.9 Å². The summed E-state index contributed by atoms with van der Waals surface area (Å²) in [6.07, 6.45) is 5.56. The lowest BCUT2D eigenvalue weighted by Gasteiger charge is -2.27. The number of hydrogen-bond donors (Lipinski definition) is 1. The zero-order chi connectivity index (χ0) is 14.1. The lowest BCUT2D eigenvalue weighted by atomic mass is 10.1. The topological polar surface area (TPSA) is 61.4 Å². The molecule has 0 aromatic carbocycles. The smallest absolute Gasteiger partial charge is 0.286 e. The number of aromatic nitrogens is 2. The minimum Gasteiger partial charge on any atom is -0.351 e. The Balaban J connectivity index is 1.80. The molecule has 1 amide bonds. The van der Waals surface area contributed by atoms with Crippen molar-refractivity contribution in [1.29, 1.82) is 0 Å². The van der Waals surface area contributed by atoms with Crippen molar-refractivity contribution in [2.45, 2.75) is 33.1 Å². The van der Waals surface area contributed by atoms with Gasteiger partial charge in [0.2, 0.25) is 0 Å². The molecule has 0 spiro atoms. The normalized spacial score (nSPS) is 21.7. The summed E-state index contributed by atoms with van der Waals surface area (Å²) in [6.45, 7) is 5.92. The van der Waals surface area contributed by atoms with Crippen molar-refractivity contribution in [1.82, 2.24) is 15.1 Å². The Morgan fingerprint density at radius 2 is 2.00 bits per heavy atom. The largest absolute Gasteiger partial charge is 0.351 e. The van der Waals surface area contributed by atoms with Gasteiger partial charge in [-0.1, -0.05) is 0 Å². The number of aliphatic imine (C=N–C) groups is 1. The van der Waals surface area contributed by atoms with Gasteiger partial charge in [-0.2, -0.15) is 10.1 Å². The molecule has 2 aliphatic rings. The first-order valence-electron chi connectivity index (χ1n) is 6.94. The van der Waals surface area contributed by atoms with E-state index in [1.54, 1.807) is 0 Å². The summed E-state index contributed by atoms with van der Waals surface area (Å²) in [5.74, 6) is -0.129. The molecule has 2 aliphatic heterocycles. The highest BCUT2D eigenvalue weighted by Gasteiger charge is 2.27. The molecular weight excluding hydrogens is 272 g/mol. The standard InChI is InChI=1S/C14H18N4OS/c1-9-11(10(2)17-16-9)8-12-13(19)15-14(20-12)18-6-4-3-5-7-18/h8H,3-7H2,1-2H3,(H,16,17)/b12-8-.